The van der Waals surface area contributed by atoms with Crippen LogP contribution in [-0.4, -0.2) is 59.7 Å². The molecule has 0 aliphatic carbocycles. The standard InChI is InChI=1S/5C16H14O4.10Na/c5*17-15(18)13-5-1-3-11(9-13)7-8-12-4-2-6-14(10-12)16(19)20;;;;;;;;;;/h5*1-6,9-10H,7-8H2,(H,17,18)(H,19,20);;;;;;;;;;/q;;;;;10*+1/p-10. The number of hydrogen-bond donors (Lipinski definition) is 0. The van der Waals surface area contributed by atoms with Gasteiger partial charge in [0.15, 0.2) is 0 Å². The third kappa shape index (κ3) is 43.2. The van der Waals surface area contributed by atoms with E-state index in [-0.39, 0.29) is 351 Å². The molecular formula is C80H60Na10O20. The van der Waals surface area contributed by atoms with Crippen LogP contribution in [0.1, 0.15) is 159 Å². The molecule has 0 amide bonds. The molecule has 0 spiro atoms. The fraction of sp³-hybridized carbons (Fsp3) is 0.125. The van der Waals surface area contributed by atoms with Crippen LogP contribution in [0.5, 0.6) is 0 Å². The second-order valence-electron chi connectivity index (χ2n) is 22.4. The maximum Gasteiger partial charge on any atom is 1.00 e. The van der Waals surface area contributed by atoms with Crippen molar-refractivity contribution in [3.05, 3.63) is 354 Å². The summed E-state index contributed by atoms with van der Waals surface area (Å²) in [4.78, 5) is 108. The van der Waals surface area contributed by atoms with Crippen molar-refractivity contribution in [3.63, 3.8) is 0 Å². The Bertz CT molecular complexity index is 3660. The Hall–Kier alpha value is -3.10. The summed E-state index contributed by atoms with van der Waals surface area (Å²) in [5.41, 5.74) is 10.1. The first-order valence-corrected chi connectivity index (χ1v) is 30.8. The molecule has 0 radical (unpaired) electrons. The number of aryl methyl sites for hydroxylation is 10. The van der Waals surface area contributed by atoms with Gasteiger partial charge >= 0.3 is 296 Å². The van der Waals surface area contributed by atoms with Gasteiger partial charge in [-0.1, -0.05) is 182 Å². The molecule has 0 heterocycles. The van der Waals surface area contributed by atoms with Crippen LogP contribution in [0.4, 0.5) is 0 Å². The first-order valence-electron chi connectivity index (χ1n) is 30.8. The number of benzene rings is 10. The Kier molecular flexibility index (Phi) is 65.3. The van der Waals surface area contributed by atoms with Gasteiger partial charge in [-0.2, -0.15) is 0 Å². The van der Waals surface area contributed by atoms with E-state index in [9.17, 15) is 99.0 Å². The van der Waals surface area contributed by atoms with Crippen molar-refractivity contribution >= 4 is 59.7 Å². The van der Waals surface area contributed by atoms with E-state index in [1.54, 1.807) is 121 Å². The molecular weight excluding hydrogens is 1510 g/mol. The summed E-state index contributed by atoms with van der Waals surface area (Å²) in [6.07, 6.45) is 6.23. The third-order valence-corrected chi connectivity index (χ3v) is 15.1. The number of carboxylic acid groups (broad SMARTS) is 10. The monoisotopic (exact) mass is 1570 g/mol. The zero-order valence-electron chi connectivity index (χ0n) is 63.3. The summed E-state index contributed by atoms with van der Waals surface area (Å²) in [7, 11) is 0. The Morgan fingerprint density at radius 3 is 0.282 bits per heavy atom. The molecule has 10 aromatic rings. The molecule has 0 saturated carbocycles. The second kappa shape index (κ2) is 62.2. The number of carbonyl (C=O) groups is 10. The predicted octanol–water partition coefficient (Wildman–Crippen LogP) is -29.0. The molecule has 0 aliphatic rings. The van der Waals surface area contributed by atoms with Crippen molar-refractivity contribution in [3.8, 4) is 0 Å². The van der Waals surface area contributed by atoms with Gasteiger partial charge in [-0.3, -0.25) is 0 Å². The summed E-state index contributed by atoms with van der Waals surface area (Å²) >= 11 is 0. The minimum Gasteiger partial charge on any atom is -0.545 e. The zero-order valence-corrected chi connectivity index (χ0v) is 83.3. The molecule has 0 unspecified atom stereocenters. The smallest absolute Gasteiger partial charge is 0.545 e. The first-order chi connectivity index (χ1) is 47.8. The van der Waals surface area contributed by atoms with Crippen LogP contribution in [-0.2, 0) is 64.2 Å². The average Bonchev–Trinajstić information content (AvgIpc) is 0.883. The van der Waals surface area contributed by atoms with E-state index in [4.69, 9.17) is 0 Å². The van der Waals surface area contributed by atoms with Gasteiger partial charge in [0.1, 0.15) is 0 Å². The van der Waals surface area contributed by atoms with Crippen molar-refractivity contribution in [1.82, 2.24) is 0 Å². The minimum absolute atomic E-state index is 0. The molecule has 0 aliphatic heterocycles. The Morgan fingerprint density at radius 2 is 0.218 bits per heavy atom. The molecule has 0 aromatic heterocycles. The van der Waals surface area contributed by atoms with Gasteiger partial charge in [-0.15, -0.1) is 0 Å². The summed E-state index contributed by atoms with van der Waals surface area (Å²) in [6, 6.07) is 65.4. The van der Waals surface area contributed by atoms with Crippen molar-refractivity contribution in [1.29, 1.82) is 0 Å². The molecule has 0 atom stereocenters. The van der Waals surface area contributed by atoms with E-state index in [0.717, 1.165) is 55.6 Å². The molecule has 0 N–H and O–H groups in total. The predicted molar refractivity (Wildman–Crippen MR) is 345 cm³/mol. The van der Waals surface area contributed by atoms with Gasteiger partial charge in [0.2, 0.25) is 0 Å². The van der Waals surface area contributed by atoms with E-state index in [1.807, 2.05) is 60.7 Å². The molecule has 0 fully saturated rings. The Labute approximate surface area is 858 Å². The number of carbonyl (C=O) groups excluding carboxylic acids is 10. The number of aromatic carboxylic acids is 10. The maximum atomic E-state index is 10.8. The topological polar surface area (TPSA) is 401 Å². The quantitative estimate of drug-likeness (QED) is 0.0480. The van der Waals surface area contributed by atoms with Gasteiger partial charge < -0.3 is 99.0 Å². The largest absolute Gasteiger partial charge is 1.00 e. The molecule has 30 heteroatoms. The van der Waals surface area contributed by atoms with Crippen molar-refractivity contribution in [2.24, 2.45) is 0 Å². The Balaban J connectivity index is -0.000000408. The maximum absolute atomic E-state index is 10.8. The molecule has 0 bridgehead atoms. The fourth-order valence-electron chi connectivity index (χ4n) is 9.98. The van der Waals surface area contributed by atoms with Crippen molar-refractivity contribution in [2.75, 3.05) is 0 Å². The summed E-state index contributed by atoms with van der Waals surface area (Å²) < 4.78 is 0. The first kappa shape index (κ1) is 115. The zero-order chi connectivity index (χ0) is 72.7. The Morgan fingerprint density at radius 1 is 0.145 bits per heavy atom. The average molecular weight is 1570 g/mol. The van der Waals surface area contributed by atoms with E-state index in [0.29, 0.717) is 64.2 Å². The van der Waals surface area contributed by atoms with Crippen molar-refractivity contribution in [2.45, 2.75) is 64.2 Å². The van der Waals surface area contributed by atoms with Gasteiger partial charge in [-0.25, -0.2) is 0 Å². The van der Waals surface area contributed by atoms with Crippen LogP contribution in [0.25, 0.3) is 0 Å². The number of hydrogen-bond acceptors (Lipinski definition) is 20. The van der Waals surface area contributed by atoms with E-state index in [1.165, 1.54) is 60.7 Å². The summed E-state index contributed by atoms with van der Waals surface area (Å²) in [6.45, 7) is 0. The summed E-state index contributed by atoms with van der Waals surface area (Å²) in [5, 5.41) is 108. The van der Waals surface area contributed by atoms with Crippen LogP contribution in [0.3, 0.4) is 0 Å². The third-order valence-electron chi connectivity index (χ3n) is 15.1. The minimum atomic E-state index is -1.20. The van der Waals surface area contributed by atoms with Gasteiger partial charge in [0, 0.05) is 0 Å². The van der Waals surface area contributed by atoms with Crippen LogP contribution >= 0.6 is 0 Å². The van der Waals surface area contributed by atoms with E-state index in [2.05, 4.69) is 0 Å². The normalized spacial score (nSPS) is 9.27. The molecule has 20 nitrogen and oxygen atoms in total. The molecule has 10 rings (SSSR count). The van der Waals surface area contributed by atoms with Gasteiger partial charge in [0.25, 0.3) is 0 Å². The number of rotatable bonds is 25. The second-order valence-corrected chi connectivity index (χ2v) is 22.4. The fourth-order valence-corrected chi connectivity index (χ4v) is 9.98. The number of carboxylic acids is 10. The molecule has 110 heavy (non-hydrogen) atoms. The van der Waals surface area contributed by atoms with Crippen LogP contribution in [0.2, 0.25) is 0 Å². The van der Waals surface area contributed by atoms with Crippen LogP contribution < -0.4 is 347 Å². The summed E-state index contributed by atoms with van der Waals surface area (Å²) in [5.74, 6) is -12.0. The van der Waals surface area contributed by atoms with Crippen molar-refractivity contribution < 1.29 is 395 Å². The van der Waals surface area contributed by atoms with Gasteiger partial charge in [0.05, 0.1) is 59.7 Å². The van der Waals surface area contributed by atoms with E-state index < -0.39 is 59.7 Å². The van der Waals surface area contributed by atoms with Crippen LogP contribution in [0.15, 0.2) is 243 Å². The molecule has 10 aromatic carbocycles. The molecule has 510 valence electrons. The van der Waals surface area contributed by atoms with Crippen LogP contribution in [0, 0.1) is 0 Å². The molecule has 0 saturated heterocycles. The van der Waals surface area contributed by atoms with E-state index >= 15 is 0 Å². The SMILES string of the molecule is O=C([O-])c1cccc(CCc2cccc(C(=O)[O-])c2)c1.O=C([O-])c1cccc(CCc2cccc(C(=O)[O-])c2)c1.O=C([O-])c1cccc(CCc2cccc(C(=O)[O-])c2)c1.O=C([O-])c1cccc(CCc2cccc(C(=O)[O-])c2)c1.O=C([O-])c1cccc(CCc2cccc(C(=O)[O-])c2)c1.[Na+].[Na+].[Na+].[Na+].[Na+].[Na+].[Na+].[Na+].[Na+].[Na+]. The van der Waals surface area contributed by atoms with Gasteiger partial charge in [-0.05, 0) is 236 Å².